The predicted octanol–water partition coefficient (Wildman–Crippen LogP) is 4.99. The highest BCUT2D eigenvalue weighted by atomic mass is 16.4. The molecule has 1 amide bonds. The van der Waals surface area contributed by atoms with E-state index in [-0.39, 0.29) is 17.4 Å². The van der Waals surface area contributed by atoms with E-state index in [9.17, 15) is 14.7 Å². The lowest BCUT2D eigenvalue weighted by Crippen LogP contribution is -2.21. The molecule has 31 heavy (non-hydrogen) atoms. The Morgan fingerprint density at radius 3 is 2.35 bits per heavy atom. The van der Waals surface area contributed by atoms with Crippen LogP contribution in [0, 0.1) is 0 Å². The minimum atomic E-state index is -0.933. The van der Waals surface area contributed by atoms with Crippen molar-refractivity contribution < 1.29 is 14.7 Å². The van der Waals surface area contributed by atoms with Crippen LogP contribution in [0.5, 0.6) is 0 Å². The zero-order valence-corrected chi connectivity index (χ0v) is 17.9. The van der Waals surface area contributed by atoms with Crippen LogP contribution in [-0.2, 0) is 0 Å². The standard InChI is InChI=1S/C25H27N3O3/c1-27(2)24(29)20-12-6-10-18(14-20)19-11-7-13-21(15-19)28-23(17-8-4-3-5-9-17)22(16-26-28)25(30)31/h6-7,10-17H,3-5,8-9H2,1-2H3,(H,30,31). The molecular formula is C25H27N3O3. The molecule has 0 spiro atoms. The normalized spacial score (nSPS) is 14.4. The Labute approximate surface area is 182 Å². The average Bonchev–Trinajstić information content (AvgIpc) is 3.25. The van der Waals surface area contributed by atoms with Crippen LogP contribution in [0.3, 0.4) is 0 Å². The molecule has 0 unspecified atom stereocenters. The van der Waals surface area contributed by atoms with Gasteiger partial charge < -0.3 is 10.0 Å². The Kier molecular flexibility index (Phi) is 5.89. The fourth-order valence-electron chi connectivity index (χ4n) is 4.40. The topological polar surface area (TPSA) is 75.4 Å². The van der Waals surface area contributed by atoms with Crippen molar-refractivity contribution in [2.24, 2.45) is 0 Å². The molecule has 1 aliphatic rings. The molecule has 0 aliphatic heterocycles. The number of amides is 1. The third-order valence-corrected chi connectivity index (χ3v) is 5.97. The third-order valence-electron chi connectivity index (χ3n) is 5.97. The fourth-order valence-corrected chi connectivity index (χ4v) is 4.40. The van der Waals surface area contributed by atoms with Crippen LogP contribution >= 0.6 is 0 Å². The number of carboxylic acid groups (broad SMARTS) is 1. The van der Waals surface area contributed by atoms with Crippen LogP contribution in [0.15, 0.2) is 54.7 Å². The minimum absolute atomic E-state index is 0.0456. The number of carboxylic acids is 1. The number of benzene rings is 2. The first-order valence-electron chi connectivity index (χ1n) is 10.7. The van der Waals surface area contributed by atoms with Crippen molar-refractivity contribution in [2.75, 3.05) is 14.1 Å². The molecular weight excluding hydrogens is 390 g/mol. The maximum atomic E-state index is 12.4. The van der Waals surface area contributed by atoms with Gasteiger partial charge in [-0.05, 0) is 48.2 Å². The summed E-state index contributed by atoms with van der Waals surface area (Å²) in [4.78, 5) is 25.8. The number of nitrogens with zero attached hydrogens (tertiary/aromatic N) is 3. The van der Waals surface area contributed by atoms with Gasteiger partial charge in [-0.25, -0.2) is 9.48 Å². The number of aromatic carboxylic acids is 1. The van der Waals surface area contributed by atoms with Gasteiger partial charge in [-0.2, -0.15) is 5.10 Å². The van der Waals surface area contributed by atoms with Crippen LogP contribution in [-0.4, -0.2) is 45.8 Å². The molecule has 1 aromatic heterocycles. The Bertz CT molecular complexity index is 1110. The summed E-state index contributed by atoms with van der Waals surface area (Å²) in [5, 5.41) is 14.2. The Hall–Kier alpha value is -3.41. The van der Waals surface area contributed by atoms with E-state index in [2.05, 4.69) is 5.10 Å². The second kappa shape index (κ2) is 8.76. The van der Waals surface area contributed by atoms with Gasteiger partial charge in [0.25, 0.3) is 5.91 Å². The quantitative estimate of drug-likeness (QED) is 0.635. The van der Waals surface area contributed by atoms with Crippen molar-refractivity contribution >= 4 is 11.9 Å². The first-order valence-corrected chi connectivity index (χ1v) is 10.7. The van der Waals surface area contributed by atoms with Crippen LogP contribution in [0.4, 0.5) is 0 Å². The molecule has 0 atom stereocenters. The van der Waals surface area contributed by atoms with Gasteiger partial charge in [-0.3, -0.25) is 4.79 Å². The summed E-state index contributed by atoms with van der Waals surface area (Å²) in [5.41, 5.74) is 4.42. The SMILES string of the molecule is CN(C)C(=O)c1cccc(-c2cccc(-n3ncc(C(=O)O)c3C3CCCCC3)c2)c1. The predicted molar refractivity (Wildman–Crippen MR) is 120 cm³/mol. The second-order valence-corrected chi connectivity index (χ2v) is 8.33. The first-order chi connectivity index (χ1) is 15.0. The van der Waals surface area contributed by atoms with Crippen LogP contribution in [0.2, 0.25) is 0 Å². The van der Waals surface area contributed by atoms with E-state index in [0.29, 0.717) is 5.56 Å². The van der Waals surface area contributed by atoms with Crippen molar-refractivity contribution in [3.05, 3.63) is 71.5 Å². The van der Waals surface area contributed by atoms with Crippen molar-refractivity contribution in [2.45, 2.75) is 38.0 Å². The maximum Gasteiger partial charge on any atom is 0.339 e. The number of hydrogen-bond acceptors (Lipinski definition) is 3. The van der Waals surface area contributed by atoms with Crippen molar-refractivity contribution in [1.82, 2.24) is 14.7 Å². The average molecular weight is 418 g/mol. The van der Waals surface area contributed by atoms with E-state index in [4.69, 9.17) is 0 Å². The Morgan fingerprint density at radius 1 is 1.00 bits per heavy atom. The van der Waals surface area contributed by atoms with Crippen molar-refractivity contribution in [3.63, 3.8) is 0 Å². The van der Waals surface area contributed by atoms with Crippen molar-refractivity contribution in [1.29, 1.82) is 0 Å². The van der Waals surface area contributed by atoms with Gasteiger partial charge in [-0.1, -0.05) is 43.5 Å². The second-order valence-electron chi connectivity index (χ2n) is 8.33. The zero-order chi connectivity index (χ0) is 22.0. The molecule has 2 aromatic carbocycles. The van der Waals surface area contributed by atoms with Gasteiger partial charge >= 0.3 is 5.97 Å². The minimum Gasteiger partial charge on any atom is -0.478 e. The molecule has 1 fully saturated rings. The van der Waals surface area contributed by atoms with Crippen LogP contribution in [0.1, 0.15) is 64.4 Å². The summed E-state index contributed by atoms with van der Waals surface area (Å²) in [6, 6.07) is 15.4. The number of carbonyl (C=O) groups is 2. The van der Waals surface area contributed by atoms with Crippen LogP contribution in [0.25, 0.3) is 16.8 Å². The highest BCUT2D eigenvalue weighted by molar-refractivity contribution is 5.95. The van der Waals surface area contributed by atoms with Gasteiger partial charge in [0.05, 0.1) is 17.6 Å². The smallest absolute Gasteiger partial charge is 0.339 e. The summed E-state index contributed by atoms with van der Waals surface area (Å²) >= 11 is 0. The number of aromatic nitrogens is 2. The van der Waals surface area contributed by atoms with Gasteiger partial charge in [-0.15, -0.1) is 0 Å². The first kappa shape index (κ1) is 20.8. The van der Waals surface area contributed by atoms with E-state index in [1.54, 1.807) is 23.7 Å². The summed E-state index contributed by atoms with van der Waals surface area (Å²) in [6.07, 6.45) is 6.86. The van der Waals surface area contributed by atoms with Gasteiger partial charge in [0.1, 0.15) is 5.56 Å². The lowest BCUT2D eigenvalue weighted by atomic mass is 9.85. The lowest BCUT2D eigenvalue weighted by Gasteiger charge is -2.23. The maximum absolute atomic E-state index is 12.4. The molecule has 3 aromatic rings. The van der Waals surface area contributed by atoms with Gasteiger partial charge in [0.15, 0.2) is 0 Å². The molecule has 160 valence electrons. The monoisotopic (exact) mass is 417 g/mol. The largest absolute Gasteiger partial charge is 0.478 e. The number of rotatable bonds is 5. The number of carbonyl (C=O) groups excluding carboxylic acids is 1. The Morgan fingerprint density at radius 2 is 1.68 bits per heavy atom. The van der Waals surface area contributed by atoms with Gasteiger partial charge in [0.2, 0.25) is 0 Å². The lowest BCUT2D eigenvalue weighted by molar-refractivity contribution is 0.0694. The van der Waals surface area contributed by atoms with E-state index < -0.39 is 5.97 Å². The Balaban J connectivity index is 1.75. The zero-order valence-electron chi connectivity index (χ0n) is 17.9. The summed E-state index contributed by atoms with van der Waals surface area (Å²) in [6.45, 7) is 0. The molecule has 1 aliphatic carbocycles. The van der Waals surface area contributed by atoms with E-state index >= 15 is 0 Å². The van der Waals surface area contributed by atoms with Gasteiger partial charge in [0, 0.05) is 25.6 Å². The highest BCUT2D eigenvalue weighted by Gasteiger charge is 2.27. The molecule has 1 saturated carbocycles. The molecule has 0 saturated heterocycles. The summed E-state index contributed by atoms with van der Waals surface area (Å²) in [7, 11) is 3.47. The molecule has 0 radical (unpaired) electrons. The third kappa shape index (κ3) is 4.24. The summed E-state index contributed by atoms with van der Waals surface area (Å²) < 4.78 is 1.79. The molecule has 6 heteroatoms. The van der Waals surface area contributed by atoms with Crippen molar-refractivity contribution in [3.8, 4) is 16.8 Å². The molecule has 1 heterocycles. The fraction of sp³-hybridized carbons (Fsp3) is 0.320. The van der Waals surface area contributed by atoms with E-state index in [1.165, 1.54) is 12.6 Å². The number of hydrogen-bond donors (Lipinski definition) is 1. The van der Waals surface area contributed by atoms with E-state index in [0.717, 1.165) is 48.2 Å². The van der Waals surface area contributed by atoms with E-state index in [1.807, 2.05) is 48.5 Å². The molecule has 1 N–H and O–H groups in total. The molecule has 6 nitrogen and oxygen atoms in total. The summed E-state index contributed by atoms with van der Waals surface area (Å²) in [5.74, 6) is -0.777. The molecule has 0 bridgehead atoms. The highest BCUT2D eigenvalue weighted by Crippen LogP contribution is 2.36. The van der Waals surface area contributed by atoms with Crippen LogP contribution < -0.4 is 0 Å². The molecule has 4 rings (SSSR count).